The number of carbonyl (C=O) groups excluding carboxylic acids is 1. The Kier molecular flexibility index (Phi) is 7.45. The van der Waals surface area contributed by atoms with Crippen LogP contribution in [0, 0.1) is 52.3 Å². The van der Waals surface area contributed by atoms with Crippen LogP contribution in [0.2, 0.25) is 0 Å². The van der Waals surface area contributed by atoms with Crippen LogP contribution in [0.3, 0.4) is 0 Å². The number of esters is 1. The van der Waals surface area contributed by atoms with Gasteiger partial charge in [0.25, 0.3) is 0 Å². The van der Waals surface area contributed by atoms with Crippen molar-refractivity contribution in [2.24, 2.45) is 52.3 Å². The van der Waals surface area contributed by atoms with E-state index in [-0.39, 0.29) is 40.7 Å². The zero-order valence-corrected chi connectivity index (χ0v) is 25.9. The fourth-order valence-electron chi connectivity index (χ4n) is 10.4. The van der Waals surface area contributed by atoms with Crippen molar-refractivity contribution in [2.45, 2.75) is 117 Å². The van der Waals surface area contributed by atoms with Crippen LogP contribution in [0.15, 0.2) is 30.3 Å². The van der Waals surface area contributed by atoms with Crippen LogP contribution >= 0.6 is 0 Å². The van der Waals surface area contributed by atoms with Gasteiger partial charge in [-0.1, -0.05) is 52.8 Å². The van der Waals surface area contributed by atoms with E-state index in [2.05, 4.69) is 20.8 Å². The van der Waals surface area contributed by atoms with Gasteiger partial charge < -0.3 is 19.3 Å². The number of hydrogen-bond acceptors (Lipinski definition) is 5. The maximum Gasteiger partial charge on any atom is 0.338 e. The second-order valence-electron chi connectivity index (χ2n) is 15.1. The molecule has 4 saturated carbocycles. The van der Waals surface area contributed by atoms with Crippen molar-refractivity contribution in [1.82, 2.24) is 0 Å². The van der Waals surface area contributed by atoms with Crippen LogP contribution in [0.1, 0.15) is 112 Å². The number of aliphatic hydroxyl groups excluding tert-OH is 1. The Labute approximate surface area is 250 Å². The largest absolute Gasteiger partial charge is 0.458 e. The van der Waals surface area contributed by atoms with Crippen LogP contribution in [-0.2, 0) is 14.2 Å². The van der Waals surface area contributed by atoms with E-state index in [1.54, 1.807) is 0 Å². The summed E-state index contributed by atoms with van der Waals surface area (Å²) in [6.45, 7) is 12.3. The van der Waals surface area contributed by atoms with Crippen molar-refractivity contribution in [2.75, 3.05) is 13.2 Å². The molecule has 0 amide bonds. The summed E-state index contributed by atoms with van der Waals surface area (Å²) in [5, 5.41) is 10.7. The van der Waals surface area contributed by atoms with Crippen molar-refractivity contribution in [3.05, 3.63) is 35.9 Å². The molecule has 4 aliphatic carbocycles. The number of benzene rings is 1. The smallest absolute Gasteiger partial charge is 0.338 e. The minimum atomic E-state index is -0.808. The van der Waals surface area contributed by atoms with E-state index in [4.69, 9.17) is 17.0 Å². The molecule has 6 rings (SSSR count). The van der Waals surface area contributed by atoms with Gasteiger partial charge in [-0.25, -0.2) is 4.79 Å². The van der Waals surface area contributed by atoms with E-state index < -0.39 is 24.7 Å². The van der Waals surface area contributed by atoms with Crippen LogP contribution in [0.5, 0.6) is 0 Å². The first-order valence-corrected chi connectivity index (χ1v) is 16.5. The minimum absolute atomic E-state index is 0.0193. The number of ether oxygens (including phenoxy) is 3. The first-order chi connectivity index (χ1) is 20.4. The fraction of sp³-hybridized carbons (Fsp3) is 0.806. The molecule has 0 radical (unpaired) electrons. The third-order valence-electron chi connectivity index (χ3n) is 12.7. The van der Waals surface area contributed by atoms with E-state index in [1.807, 2.05) is 44.2 Å². The van der Waals surface area contributed by atoms with Crippen molar-refractivity contribution >= 4 is 5.97 Å². The Hall–Kier alpha value is -1.43. The zero-order chi connectivity index (χ0) is 30.7. The Morgan fingerprint density at radius 1 is 1.00 bits per heavy atom. The van der Waals surface area contributed by atoms with Gasteiger partial charge in [-0.05, 0) is 110 Å². The molecule has 0 bridgehead atoms. The molecule has 0 aromatic heterocycles. The van der Waals surface area contributed by atoms with Gasteiger partial charge in [0.15, 0.2) is 5.79 Å². The maximum absolute atomic E-state index is 13.6. The zero-order valence-electron chi connectivity index (χ0n) is 27.9. The summed E-state index contributed by atoms with van der Waals surface area (Å²) < 4.78 is 36.8. The predicted octanol–water partition coefficient (Wildman–Crippen LogP) is 7.66. The Morgan fingerprint density at radius 3 is 2.41 bits per heavy atom. The van der Waals surface area contributed by atoms with Crippen molar-refractivity contribution in [1.29, 1.82) is 0 Å². The molecule has 5 unspecified atom stereocenters. The normalized spacial score (nSPS) is 43.2. The van der Waals surface area contributed by atoms with E-state index in [0.29, 0.717) is 42.4 Å². The number of hydrogen-bond donors (Lipinski definition) is 1. The van der Waals surface area contributed by atoms with Crippen molar-refractivity contribution in [3.8, 4) is 0 Å². The Balaban J connectivity index is 1.30. The molecule has 1 N–H and O–H groups in total. The summed E-state index contributed by atoms with van der Waals surface area (Å²) in [5.41, 5.74) is 0.780. The summed E-state index contributed by atoms with van der Waals surface area (Å²) >= 11 is 0. The average molecular weight is 569 g/mol. The summed E-state index contributed by atoms with van der Waals surface area (Å²) in [6, 6.07) is 9.40. The summed E-state index contributed by atoms with van der Waals surface area (Å²) in [4.78, 5) is 13.6. The van der Waals surface area contributed by atoms with Gasteiger partial charge in [0.1, 0.15) is 6.10 Å². The molecule has 1 aromatic carbocycles. The van der Waals surface area contributed by atoms with Gasteiger partial charge >= 0.3 is 5.97 Å². The number of aliphatic hydroxyl groups is 1. The molecule has 5 fully saturated rings. The molecule has 1 heterocycles. The lowest BCUT2D eigenvalue weighted by Gasteiger charge is -2.63. The lowest BCUT2D eigenvalue weighted by molar-refractivity contribution is -0.242. The van der Waals surface area contributed by atoms with E-state index >= 15 is 0 Å². The van der Waals surface area contributed by atoms with Crippen LogP contribution in [-0.4, -0.2) is 42.3 Å². The lowest BCUT2D eigenvalue weighted by Crippen LogP contribution is -2.60. The van der Waals surface area contributed by atoms with Gasteiger partial charge in [-0.3, -0.25) is 0 Å². The molecule has 5 heteroatoms. The van der Waals surface area contributed by atoms with Crippen molar-refractivity contribution in [3.63, 3.8) is 0 Å². The first kappa shape index (κ1) is 27.1. The standard InChI is InChI=1S/C36H54O5/c1-23(2)30(37)14-11-24(3)27-12-13-28-32-29(15-16-35(27,28)5)34(4)17-18-36(39-19-20-40-36)22-26(34)21-31(32)41-33(38)25-9-7-6-8-10-25/h6-10,23-24,26-32,37H,11-22H2,1-5H3/t24-,26+,27-,28?,29?,30-,31-,32?,34+,35-/m1/s1/i11D,14D/t11?,14?,24-,26+,27-,28?,29?,30-,31-,32?,34+,35-. The molecule has 41 heavy (non-hydrogen) atoms. The molecular weight excluding hydrogens is 512 g/mol. The summed E-state index contributed by atoms with van der Waals surface area (Å²) in [6.07, 6.45) is 5.65. The van der Waals surface area contributed by atoms with Gasteiger partial charge in [0.2, 0.25) is 0 Å². The third-order valence-corrected chi connectivity index (χ3v) is 12.7. The first-order valence-electron chi connectivity index (χ1n) is 17.6. The second-order valence-corrected chi connectivity index (χ2v) is 15.1. The van der Waals surface area contributed by atoms with Gasteiger partial charge in [-0.2, -0.15) is 0 Å². The topological polar surface area (TPSA) is 65.0 Å². The Bertz CT molecular complexity index is 1140. The number of rotatable bonds is 7. The highest BCUT2D eigenvalue weighted by Gasteiger charge is 2.65. The highest BCUT2D eigenvalue weighted by molar-refractivity contribution is 5.89. The minimum Gasteiger partial charge on any atom is -0.458 e. The molecule has 12 atom stereocenters. The SMILES string of the molecule is [2H]C(C([2H])[C@@H](C)[C@H]1CCC2C3C(CC[C@@]21C)[C@@]1(C)CCC2(C[C@@H]1C[C@H]3OC(=O)c1ccccc1)OCCO2)[C@@H](O)C(C)C. The third kappa shape index (κ3) is 5.20. The molecule has 228 valence electrons. The maximum atomic E-state index is 13.6. The quantitative estimate of drug-likeness (QED) is 0.342. The predicted molar refractivity (Wildman–Crippen MR) is 160 cm³/mol. The fourth-order valence-corrected chi connectivity index (χ4v) is 10.4. The number of carbonyl (C=O) groups is 1. The van der Waals surface area contributed by atoms with Crippen LogP contribution in [0.25, 0.3) is 0 Å². The van der Waals surface area contributed by atoms with Crippen LogP contribution in [0.4, 0.5) is 0 Å². The molecule has 1 aliphatic heterocycles. The molecule has 5 nitrogen and oxygen atoms in total. The Morgan fingerprint density at radius 2 is 1.71 bits per heavy atom. The van der Waals surface area contributed by atoms with E-state index in [1.165, 1.54) is 0 Å². The molecule has 1 aromatic rings. The molecule has 1 saturated heterocycles. The monoisotopic (exact) mass is 568 g/mol. The number of fused-ring (bicyclic) bond motifs is 5. The van der Waals surface area contributed by atoms with Crippen LogP contribution < -0.4 is 0 Å². The summed E-state index contributed by atoms with van der Waals surface area (Å²) in [7, 11) is 0. The molecule has 5 aliphatic rings. The molecular formula is C36H54O5. The highest BCUT2D eigenvalue weighted by atomic mass is 16.7. The average Bonchev–Trinajstić information content (AvgIpc) is 3.60. The van der Waals surface area contributed by atoms with Gasteiger partial charge in [0, 0.05) is 21.5 Å². The summed E-state index contributed by atoms with van der Waals surface area (Å²) in [5.74, 6) is 1.12. The van der Waals surface area contributed by atoms with E-state index in [0.717, 1.165) is 51.4 Å². The van der Waals surface area contributed by atoms with Gasteiger partial charge in [-0.15, -0.1) is 0 Å². The molecule has 1 spiro atoms. The van der Waals surface area contributed by atoms with E-state index in [9.17, 15) is 9.90 Å². The van der Waals surface area contributed by atoms with Crippen molar-refractivity contribution < 1.29 is 26.9 Å². The second kappa shape index (κ2) is 11.2. The lowest BCUT2D eigenvalue weighted by atomic mass is 9.43. The van der Waals surface area contributed by atoms with Gasteiger partial charge in [0.05, 0.1) is 24.9 Å². The highest BCUT2D eigenvalue weighted by Crippen LogP contribution is 2.69.